The van der Waals surface area contributed by atoms with Gasteiger partial charge in [-0.05, 0) is 42.0 Å². The molecule has 0 fully saturated rings. The molecule has 0 saturated heterocycles. The average Bonchev–Trinajstić information content (AvgIpc) is 2.60. The van der Waals surface area contributed by atoms with Gasteiger partial charge < -0.3 is 14.8 Å². The van der Waals surface area contributed by atoms with Gasteiger partial charge in [-0.15, -0.1) is 0 Å². The van der Waals surface area contributed by atoms with Gasteiger partial charge >= 0.3 is 6.18 Å². The van der Waals surface area contributed by atoms with Gasteiger partial charge in [0, 0.05) is 11.1 Å². The van der Waals surface area contributed by atoms with Crippen molar-refractivity contribution in [3.8, 4) is 11.5 Å². The van der Waals surface area contributed by atoms with Crippen LogP contribution in [0.2, 0.25) is 5.02 Å². The van der Waals surface area contributed by atoms with E-state index in [2.05, 4.69) is 5.32 Å². The summed E-state index contributed by atoms with van der Waals surface area (Å²) in [5.41, 5.74) is -0.772. The molecule has 2 aromatic rings. The third kappa shape index (κ3) is 4.92. The van der Waals surface area contributed by atoms with E-state index in [1.54, 1.807) is 18.2 Å². The lowest BCUT2D eigenvalue weighted by molar-refractivity contribution is -0.136. The van der Waals surface area contributed by atoms with Crippen LogP contribution in [0.25, 0.3) is 6.08 Å². The van der Waals surface area contributed by atoms with E-state index in [0.29, 0.717) is 17.1 Å². The Morgan fingerprint density at radius 2 is 1.77 bits per heavy atom. The van der Waals surface area contributed by atoms with E-state index >= 15 is 0 Å². The Bertz CT molecular complexity index is 835. The summed E-state index contributed by atoms with van der Waals surface area (Å²) in [5.74, 6) is 0.268. The molecule has 0 aliphatic heterocycles. The number of hydrogen-bond donors (Lipinski definition) is 1. The number of benzene rings is 2. The number of halogens is 4. The van der Waals surface area contributed by atoms with Crippen LogP contribution in [0, 0.1) is 0 Å². The van der Waals surface area contributed by atoms with Crippen molar-refractivity contribution in [2.45, 2.75) is 6.18 Å². The van der Waals surface area contributed by atoms with Crippen LogP contribution in [-0.2, 0) is 11.0 Å². The summed E-state index contributed by atoms with van der Waals surface area (Å²) < 4.78 is 49.3. The van der Waals surface area contributed by atoms with Gasteiger partial charge in [0.25, 0.3) is 0 Å². The molecule has 0 radical (unpaired) electrons. The topological polar surface area (TPSA) is 47.6 Å². The van der Waals surface area contributed by atoms with Crippen molar-refractivity contribution >= 4 is 29.3 Å². The molecule has 138 valence electrons. The number of rotatable bonds is 5. The maximum atomic E-state index is 13.0. The first kappa shape index (κ1) is 19.7. The summed E-state index contributed by atoms with van der Waals surface area (Å²) in [7, 11) is 2.96. The lowest BCUT2D eigenvalue weighted by Gasteiger charge is -2.13. The number of nitrogens with one attached hydrogen (secondary N) is 1. The standard InChI is InChI=1S/C18H15ClF3NO3/c1-25-15-7-3-11(9-16(15)26-2)4-8-17(24)23-14-6-5-12(19)10-13(14)18(20,21)22/h3-10H,1-2H3,(H,23,24). The number of ether oxygens (including phenoxy) is 2. The molecule has 0 spiro atoms. The molecule has 0 aliphatic rings. The molecule has 0 aromatic heterocycles. The lowest BCUT2D eigenvalue weighted by Crippen LogP contribution is -2.14. The minimum Gasteiger partial charge on any atom is -0.493 e. The van der Waals surface area contributed by atoms with Crippen molar-refractivity contribution in [1.82, 2.24) is 0 Å². The smallest absolute Gasteiger partial charge is 0.418 e. The zero-order valence-corrected chi connectivity index (χ0v) is 14.6. The van der Waals surface area contributed by atoms with Gasteiger partial charge in [-0.25, -0.2) is 0 Å². The van der Waals surface area contributed by atoms with Crippen LogP contribution in [-0.4, -0.2) is 20.1 Å². The summed E-state index contributed by atoms with van der Waals surface area (Å²) in [6.45, 7) is 0. The molecule has 0 saturated carbocycles. The maximum absolute atomic E-state index is 13.0. The average molecular weight is 386 g/mol. The first-order valence-corrected chi connectivity index (χ1v) is 7.70. The molecule has 1 N–H and O–H groups in total. The fourth-order valence-electron chi connectivity index (χ4n) is 2.16. The molecule has 8 heteroatoms. The zero-order chi connectivity index (χ0) is 19.3. The molecule has 0 unspecified atom stereocenters. The Labute approximate surface area is 153 Å². The van der Waals surface area contributed by atoms with Crippen LogP contribution in [0.4, 0.5) is 18.9 Å². The van der Waals surface area contributed by atoms with Crippen LogP contribution in [0.3, 0.4) is 0 Å². The van der Waals surface area contributed by atoms with Crippen molar-refractivity contribution < 1.29 is 27.4 Å². The molecule has 2 aromatic carbocycles. The van der Waals surface area contributed by atoms with Crippen LogP contribution >= 0.6 is 11.6 Å². The SMILES string of the molecule is COc1ccc(C=CC(=O)Nc2ccc(Cl)cc2C(F)(F)F)cc1OC. The van der Waals surface area contributed by atoms with E-state index in [9.17, 15) is 18.0 Å². The zero-order valence-electron chi connectivity index (χ0n) is 13.9. The quantitative estimate of drug-likeness (QED) is 0.734. The van der Waals surface area contributed by atoms with Crippen molar-refractivity contribution in [1.29, 1.82) is 0 Å². The Balaban J connectivity index is 2.18. The van der Waals surface area contributed by atoms with Crippen molar-refractivity contribution in [3.63, 3.8) is 0 Å². The second kappa shape index (κ2) is 8.14. The summed E-state index contributed by atoms with van der Waals surface area (Å²) >= 11 is 5.61. The van der Waals surface area contributed by atoms with Gasteiger partial charge in [0.2, 0.25) is 5.91 Å². The van der Waals surface area contributed by atoms with Crippen molar-refractivity contribution in [2.75, 3.05) is 19.5 Å². The fraction of sp³-hybridized carbons (Fsp3) is 0.167. The second-order valence-corrected chi connectivity index (χ2v) is 5.56. The predicted octanol–water partition coefficient (Wildman–Crippen LogP) is 5.03. The molecule has 0 atom stereocenters. The number of amides is 1. The van der Waals surface area contributed by atoms with E-state index in [1.165, 1.54) is 26.4 Å². The Hall–Kier alpha value is -2.67. The Kier molecular flexibility index (Phi) is 6.15. The summed E-state index contributed by atoms with van der Waals surface area (Å²) in [6.07, 6.45) is -2.07. The molecule has 2 rings (SSSR count). The Morgan fingerprint density at radius 1 is 1.08 bits per heavy atom. The number of methoxy groups -OCH3 is 2. The lowest BCUT2D eigenvalue weighted by atomic mass is 10.1. The second-order valence-electron chi connectivity index (χ2n) is 5.12. The first-order valence-electron chi connectivity index (χ1n) is 7.32. The number of carbonyl (C=O) groups excluding carboxylic acids is 1. The van der Waals surface area contributed by atoms with E-state index < -0.39 is 17.6 Å². The molecule has 0 aliphatic carbocycles. The largest absolute Gasteiger partial charge is 0.493 e. The number of alkyl halides is 3. The van der Waals surface area contributed by atoms with E-state index in [-0.39, 0.29) is 10.7 Å². The highest BCUT2D eigenvalue weighted by molar-refractivity contribution is 6.30. The van der Waals surface area contributed by atoms with Crippen LogP contribution in [0.15, 0.2) is 42.5 Å². The van der Waals surface area contributed by atoms with Gasteiger partial charge in [0.15, 0.2) is 11.5 Å². The van der Waals surface area contributed by atoms with E-state index in [0.717, 1.165) is 18.2 Å². The van der Waals surface area contributed by atoms with Gasteiger partial charge in [0.05, 0.1) is 25.5 Å². The first-order chi connectivity index (χ1) is 12.2. The normalized spacial score (nSPS) is 11.5. The highest BCUT2D eigenvalue weighted by atomic mass is 35.5. The van der Waals surface area contributed by atoms with Crippen LogP contribution in [0.5, 0.6) is 11.5 Å². The van der Waals surface area contributed by atoms with Gasteiger partial charge in [-0.2, -0.15) is 13.2 Å². The van der Waals surface area contributed by atoms with Crippen LogP contribution < -0.4 is 14.8 Å². The maximum Gasteiger partial charge on any atom is 0.418 e. The van der Waals surface area contributed by atoms with E-state index in [4.69, 9.17) is 21.1 Å². The van der Waals surface area contributed by atoms with Crippen molar-refractivity contribution in [2.24, 2.45) is 0 Å². The molecule has 1 amide bonds. The predicted molar refractivity (Wildman–Crippen MR) is 93.7 cm³/mol. The van der Waals surface area contributed by atoms with Gasteiger partial charge in [-0.1, -0.05) is 17.7 Å². The third-order valence-electron chi connectivity index (χ3n) is 3.38. The van der Waals surface area contributed by atoms with Crippen LogP contribution in [0.1, 0.15) is 11.1 Å². The highest BCUT2D eigenvalue weighted by Gasteiger charge is 2.34. The molecular weight excluding hydrogens is 371 g/mol. The molecular formula is C18H15ClF3NO3. The summed E-state index contributed by atoms with van der Waals surface area (Å²) in [4.78, 5) is 12.0. The monoisotopic (exact) mass is 385 g/mol. The highest BCUT2D eigenvalue weighted by Crippen LogP contribution is 2.36. The fourth-order valence-corrected chi connectivity index (χ4v) is 2.33. The number of anilines is 1. The van der Waals surface area contributed by atoms with Gasteiger partial charge in [-0.3, -0.25) is 4.79 Å². The minimum atomic E-state index is -4.64. The minimum absolute atomic E-state index is 0.0730. The molecule has 0 heterocycles. The summed E-state index contributed by atoms with van der Waals surface area (Å²) in [6, 6.07) is 8.09. The summed E-state index contributed by atoms with van der Waals surface area (Å²) in [5, 5.41) is 2.13. The molecule has 26 heavy (non-hydrogen) atoms. The number of carbonyl (C=O) groups is 1. The number of hydrogen-bond acceptors (Lipinski definition) is 3. The van der Waals surface area contributed by atoms with E-state index in [1.807, 2.05) is 0 Å². The molecule has 0 bridgehead atoms. The molecule has 4 nitrogen and oxygen atoms in total. The Morgan fingerprint density at radius 3 is 2.38 bits per heavy atom. The third-order valence-corrected chi connectivity index (χ3v) is 3.61. The van der Waals surface area contributed by atoms with Crippen molar-refractivity contribution in [3.05, 3.63) is 58.6 Å². The van der Waals surface area contributed by atoms with Gasteiger partial charge in [0.1, 0.15) is 0 Å².